The summed E-state index contributed by atoms with van der Waals surface area (Å²) in [5, 5.41) is 14.3. The fourth-order valence-electron chi connectivity index (χ4n) is 8.22. The van der Waals surface area contributed by atoms with Crippen molar-refractivity contribution in [1.82, 2.24) is 30.2 Å². The number of fused-ring (bicyclic) bond motifs is 1. The molecule has 2 heterocycles. The molecule has 15 nitrogen and oxygen atoms in total. The largest absolute Gasteiger partial charge is 0.497 e. The highest BCUT2D eigenvalue weighted by Gasteiger charge is 2.68. The molecule has 0 spiro atoms. The van der Waals surface area contributed by atoms with Gasteiger partial charge in [-0.2, -0.15) is 8.78 Å². The Kier molecular flexibility index (Phi) is 12.8. The number of likely N-dealkylation sites (tertiary alicyclic amines) is 1. The number of nitrogens with zero attached hydrogens (tertiary/aromatic N) is 3. The summed E-state index contributed by atoms with van der Waals surface area (Å²) in [5.74, 6) is -9.46. The van der Waals surface area contributed by atoms with Crippen LogP contribution in [0.2, 0.25) is 0 Å². The van der Waals surface area contributed by atoms with E-state index in [9.17, 15) is 41.5 Å². The standard InChI is InChI=1S/C41H56F4N6O9S/c1-7-10-24-28(60-34-30(41(44,45)16-9-8-11-22-12-13-22)46-26-15-14-23(59-6)19-27(26)47-34)21-51(35(53)31(38(2,3)4)48-37(55)56)29(24)33(52)49-40(20-25(40)32(42)43)36(54)50-61(57,58)39(5)17-18-39/h14-15,19,22,24-25,28-29,31-32,48H,7-13,16-18,20-21H2,1-6H3,(H,49,52)(H,50,54)(H,55,56)/t24-,25+,28+,29+,31-,40-/m1/s1. The van der Waals surface area contributed by atoms with E-state index in [0.29, 0.717) is 24.5 Å². The summed E-state index contributed by atoms with van der Waals surface area (Å²) in [7, 11) is -2.92. The number of benzene rings is 1. The van der Waals surface area contributed by atoms with Gasteiger partial charge < -0.3 is 30.1 Å². The van der Waals surface area contributed by atoms with Crippen molar-refractivity contribution < 1.29 is 59.7 Å². The number of hydrogen-bond acceptors (Lipinski definition) is 10. The van der Waals surface area contributed by atoms with Crippen LogP contribution in [0.25, 0.3) is 11.0 Å². The molecule has 4 aliphatic rings. The van der Waals surface area contributed by atoms with Gasteiger partial charge in [0.25, 0.3) is 11.8 Å². The molecule has 1 aromatic heterocycles. The number of amides is 4. The number of ether oxygens (including phenoxy) is 2. The third-order valence-electron chi connectivity index (χ3n) is 12.5. The molecular weight excluding hydrogens is 829 g/mol. The molecule has 0 bridgehead atoms. The lowest BCUT2D eigenvalue weighted by Gasteiger charge is -2.35. The minimum Gasteiger partial charge on any atom is -0.497 e. The molecule has 338 valence electrons. The number of sulfonamides is 1. The highest BCUT2D eigenvalue weighted by Crippen LogP contribution is 2.50. The van der Waals surface area contributed by atoms with Crippen LogP contribution < -0.4 is 24.8 Å². The molecule has 61 heavy (non-hydrogen) atoms. The van der Waals surface area contributed by atoms with Crippen LogP contribution >= 0.6 is 0 Å². The highest BCUT2D eigenvalue weighted by molar-refractivity contribution is 7.91. The van der Waals surface area contributed by atoms with Gasteiger partial charge in [0, 0.05) is 18.4 Å². The van der Waals surface area contributed by atoms with E-state index in [2.05, 4.69) is 20.6 Å². The fraction of sp³-hybridized carbons (Fsp3) is 0.707. The quantitative estimate of drug-likeness (QED) is 0.0966. The summed E-state index contributed by atoms with van der Waals surface area (Å²) < 4.78 is 99.8. The Hall–Kier alpha value is -4.49. The van der Waals surface area contributed by atoms with Gasteiger partial charge in [-0.15, -0.1) is 0 Å². The number of carbonyl (C=O) groups is 4. The number of nitrogens with one attached hydrogen (secondary N) is 3. The van der Waals surface area contributed by atoms with E-state index in [0.717, 1.165) is 24.2 Å². The molecule has 2 aromatic rings. The Morgan fingerprint density at radius 1 is 1.05 bits per heavy atom. The molecule has 4 amide bonds. The average molecular weight is 885 g/mol. The summed E-state index contributed by atoms with van der Waals surface area (Å²) in [6.07, 6.45) is -2.52. The van der Waals surface area contributed by atoms with Gasteiger partial charge in [-0.3, -0.25) is 19.1 Å². The van der Waals surface area contributed by atoms with Crippen molar-refractivity contribution in [2.24, 2.45) is 23.2 Å². The number of alkyl halides is 4. The van der Waals surface area contributed by atoms with Crippen molar-refractivity contribution in [3.8, 4) is 11.6 Å². The predicted molar refractivity (Wildman–Crippen MR) is 214 cm³/mol. The Labute approximate surface area is 352 Å². The maximum Gasteiger partial charge on any atom is 0.405 e. The number of carboxylic acid groups (broad SMARTS) is 1. The number of aromatic nitrogens is 2. The first-order valence-corrected chi connectivity index (χ1v) is 22.3. The van der Waals surface area contributed by atoms with E-state index in [-0.39, 0.29) is 36.7 Å². The summed E-state index contributed by atoms with van der Waals surface area (Å²) in [6, 6.07) is 1.37. The second-order valence-electron chi connectivity index (χ2n) is 18.4. The fourth-order valence-corrected chi connectivity index (χ4v) is 9.53. The minimum absolute atomic E-state index is 0.0883. The van der Waals surface area contributed by atoms with E-state index in [1.54, 1.807) is 33.8 Å². The Bertz CT molecular complexity index is 2130. The lowest BCUT2D eigenvalue weighted by molar-refractivity contribution is -0.144. The average Bonchev–Trinajstić information content (AvgIpc) is 4.10. The van der Waals surface area contributed by atoms with Crippen molar-refractivity contribution >= 4 is 44.9 Å². The van der Waals surface area contributed by atoms with Crippen LogP contribution in [0.15, 0.2) is 18.2 Å². The lowest BCUT2D eigenvalue weighted by atomic mass is 9.85. The zero-order valence-electron chi connectivity index (χ0n) is 35.2. The van der Waals surface area contributed by atoms with Crippen LogP contribution in [0.1, 0.15) is 111 Å². The number of halogens is 4. The van der Waals surface area contributed by atoms with Crippen LogP contribution in [0.4, 0.5) is 22.4 Å². The Morgan fingerprint density at radius 3 is 2.30 bits per heavy atom. The van der Waals surface area contributed by atoms with Gasteiger partial charge in [0.1, 0.15) is 29.5 Å². The first kappa shape index (κ1) is 46.0. The van der Waals surface area contributed by atoms with E-state index < -0.39 is 123 Å². The van der Waals surface area contributed by atoms with Crippen molar-refractivity contribution in [2.75, 3.05) is 13.7 Å². The van der Waals surface area contributed by atoms with E-state index in [1.165, 1.54) is 26.2 Å². The zero-order valence-corrected chi connectivity index (χ0v) is 36.1. The maximum absolute atomic E-state index is 16.3. The summed E-state index contributed by atoms with van der Waals surface area (Å²) >= 11 is 0. The first-order valence-electron chi connectivity index (χ1n) is 20.8. The minimum atomic E-state index is -4.33. The van der Waals surface area contributed by atoms with Crippen molar-refractivity contribution in [3.05, 3.63) is 23.9 Å². The van der Waals surface area contributed by atoms with E-state index in [4.69, 9.17) is 9.47 Å². The molecule has 3 aliphatic carbocycles. The smallest absolute Gasteiger partial charge is 0.405 e. The summed E-state index contributed by atoms with van der Waals surface area (Å²) in [6.45, 7) is 7.38. The summed E-state index contributed by atoms with van der Waals surface area (Å²) in [5.41, 5.74) is -3.98. The normalized spacial score (nSPS) is 25.2. The maximum atomic E-state index is 16.3. The van der Waals surface area contributed by atoms with Gasteiger partial charge in [0.15, 0.2) is 5.69 Å². The molecule has 1 aliphatic heterocycles. The topological polar surface area (TPSA) is 206 Å². The zero-order chi connectivity index (χ0) is 44.9. The molecule has 4 N–H and O–H groups in total. The van der Waals surface area contributed by atoms with Crippen LogP contribution in [0, 0.1) is 23.2 Å². The highest BCUT2D eigenvalue weighted by atomic mass is 32.2. The number of unbranched alkanes of at least 4 members (excludes halogenated alkanes) is 1. The SMILES string of the molecule is CCC[C@@H]1[C@@H](Oc2nc3cc(OC)ccc3nc2C(F)(F)CCCCC2CC2)CN(C(=O)[C@@H](NC(=O)O)C(C)(C)C)[C@@H]1C(=O)N[C@]1(C(=O)NS(=O)(=O)C2(C)CC2)C[C@H]1C(F)F. The van der Waals surface area contributed by atoms with Gasteiger partial charge in [-0.1, -0.05) is 59.8 Å². The molecule has 6 rings (SSSR count). The molecule has 1 aromatic carbocycles. The second-order valence-corrected chi connectivity index (χ2v) is 20.6. The third kappa shape index (κ3) is 9.78. The van der Waals surface area contributed by atoms with Crippen LogP contribution in [-0.2, 0) is 30.3 Å². The molecule has 4 fully saturated rings. The van der Waals surface area contributed by atoms with Gasteiger partial charge >= 0.3 is 6.09 Å². The molecular formula is C41H56F4N6O9S. The van der Waals surface area contributed by atoms with Gasteiger partial charge in [0.2, 0.25) is 34.1 Å². The number of carbonyl (C=O) groups excluding carboxylic acids is 3. The monoisotopic (exact) mass is 884 g/mol. The molecule has 3 saturated carbocycles. The Balaban J connectivity index is 1.40. The van der Waals surface area contributed by atoms with Crippen LogP contribution in [0.5, 0.6) is 11.6 Å². The predicted octanol–water partition coefficient (Wildman–Crippen LogP) is 5.90. The van der Waals surface area contributed by atoms with E-state index >= 15 is 8.78 Å². The molecule has 6 atom stereocenters. The summed E-state index contributed by atoms with van der Waals surface area (Å²) in [4.78, 5) is 64.7. The van der Waals surface area contributed by atoms with Gasteiger partial charge in [-0.25, -0.2) is 32.0 Å². The number of hydrogen-bond donors (Lipinski definition) is 4. The lowest BCUT2D eigenvalue weighted by Crippen LogP contribution is -2.61. The molecule has 0 radical (unpaired) electrons. The second kappa shape index (κ2) is 17.0. The van der Waals surface area contributed by atoms with Crippen molar-refractivity contribution in [2.45, 2.75) is 146 Å². The third-order valence-corrected chi connectivity index (χ3v) is 14.7. The van der Waals surface area contributed by atoms with Crippen molar-refractivity contribution in [1.29, 1.82) is 0 Å². The van der Waals surface area contributed by atoms with Gasteiger partial charge in [0.05, 0.1) is 35.4 Å². The van der Waals surface area contributed by atoms with Crippen LogP contribution in [-0.4, -0.2) is 101 Å². The van der Waals surface area contributed by atoms with E-state index in [1.807, 2.05) is 4.72 Å². The van der Waals surface area contributed by atoms with Gasteiger partial charge in [-0.05, 0) is 62.5 Å². The molecule has 1 saturated heterocycles. The Morgan fingerprint density at radius 2 is 1.74 bits per heavy atom. The molecule has 0 unspecified atom stereocenters. The van der Waals surface area contributed by atoms with Crippen LogP contribution in [0.3, 0.4) is 0 Å². The number of rotatable bonds is 19. The number of methoxy groups -OCH3 is 1. The van der Waals surface area contributed by atoms with Crippen molar-refractivity contribution in [3.63, 3.8) is 0 Å². The first-order chi connectivity index (χ1) is 28.5. The molecule has 20 heteroatoms.